The number of nitrogens with zero attached hydrogens (tertiary/aromatic N) is 4. The van der Waals surface area contributed by atoms with Crippen LogP contribution >= 0.6 is 7.60 Å². The van der Waals surface area contributed by atoms with E-state index in [1.165, 1.54) is 28.3 Å². The molecule has 1 aliphatic heterocycles. The Morgan fingerprint density at radius 3 is 2.82 bits per heavy atom. The molecule has 0 saturated carbocycles. The fourth-order valence-corrected chi connectivity index (χ4v) is 4.74. The van der Waals surface area contributed by atoms with Crippen LogP contribution in [0.25, 0.3) is 11.2 Å². The van der Waals surface area contributed by atoms with Gasteiger partial charge >= 0.3 is 7.60 Å². The zero-order chi connectivity index (χ0) is 23.2. The minimum Gasteiger partial charge on any atom is -0.387 e. The summed E-state index contributed by atoms with van der Waals surface area (Å²) in [5.74, 6) is 0.551. The van der Waals surface area contributed by atoms with E-state index in [0.717, 1.165) is 12.8 Å². The minimum atomic E-state index is -4.35. The third kappa shape index (κ3) is 4.38. The molecule has 3 heterocycles. The number of aliphatic hydroxyl groups excluding tert-OH is 2. The molecule has 0 spiro atoms. The number of hydrogen-bond donors (Lipinski definition) is 5. The topological polar surface area (TPSA) is 172 Å². The van der Waals surface area contributed by atoms with Crippen LogP contribution in [0.1, 0.15) is 29.8 Å². The van der Waals surface area contributed by atoms with Crippen molar-refractivity contribution in [1.82, 2.24) is 19.5 Å². The predicted octanol–water partition coefficient (Wildman–Crippen LogP) is 0.697. The highest BCUT2D eigenvalue weighted by Crippen LogP contribution is 2.37. The fourth-order valence-electron chi connectivity index (χ4n) is 4.40. The Bertz CT molecular complexity index is 1200. The van der Waals surface area contributed by atoms with E-state index in [9.17, 15) is 14.8 Å². The number of ether oxygens (including phenoxy) is 2. The minimum absolute atomic E-state index is 0.0927. The van der Waals surface area contributed by atoms with Gasteiger partial charge in [0, 0.05) is 0 Å². The number of benzene rings is 1. The summed E-state index contributed by atoms with van der Waals surface area (Å²) in [5, 5.41) is 24.3. The smallest absolute Gasteiger partial charge is 0.350 e. The number of aromatic nitrogens is 4. The molecule has 0 bridgehead atoms. The fraction of sp³-hybridized carbons (Fsp3) is 0.450. The van der Waals surface area contributed by atoms with Crippen molar-refractivity contribution < 1.29 is 34.0 Å². The molecule has 2 aromatic heterocycles. The van der Waals surface area contributed by atoms with Crippen LogP contribution in [0.15, 0.2) is 36.9 Å². The van der Waals surface area contributed by atoms with Crippen LogP contribution in [0.5, 0.6) is 0 Å². The molecule has 1 fully saturated rings. The van der Waals surface area contributed by atoms with Crippen LogP contribution in [0.3, 0.4) is 0 Å². The SMILES string of the molecule is O=P(O)(O)COC[C@H]1O[C@@H](n2cnc3c(NC4CCc5ccccc54)ncnc32)[C@H](O)[C@@H]1O. The Kier molecular flexibility index (Phi) is 5.91. The maximum Gasteiger partial charge on any atom is 0.350 e. The number of aryl methyl sites for hydroxylation is 1. The molecule has 5 atom stereocenters. The van der Waals surface area contributed by atoms with E-state index >= 15 is 0 Å². The quantitative estimate of drug-likeness (QED) is 0.303. The van der Waals surface area contributed by atoms with Crippen LogP contribution in [0.4, 0.5) is 5.82 Å². The lowest BCUT2D eigenvalue weighted by Crippen LogP contribution is -2.33. The predicted molar refractivity (Wildman–Crippen MR) is 115 cm³/mol. The van der Waals surface area contributed by atoms with Crippen molar-refractivity contribution in [3.63, 3.8) is 0 Å². The molecule has 3 aromatic rings. The molecule has 176 valence electrons. The normalized spacial score (nSPS) is 27.2. The molecule has 1 aromatic carbocycles. The average Bonchev–Trinajstić information content (AvgIpc) is 3.46. The monoisotopic (exact) mass is 477 g/mol. The van der Waals surface area contributed by atoms with Gasteiger partial charge < -0.3 is 34.8 Å². The first-order valence-corrected chi connectivity index (χ1v) is 12.3. The number of hydrogen-bond acceptors (Lipinski definition) is 9. The van der Waals surface area contributed by atoms with Crippen molar-refractivity contribution >= 4 is 24.6 Å². The second kappa shape index (κ2) is 8.73. The Morgan fingerprint density at radius 2 is 2.00 bits per heavy atom. The molecule has 5 rings (SSSR count). The molecule has 1 unspecified atom stereocenters. The first kappa shape index (κ1) is 22.4. The number of aliphatic hydroxyl groups is 2. The maximum atomic E-state index is 11.0. The van der Waals surface area contributed by atoms with Crippen molar-refractivity contribution in [2.75, 3.05) is 18.3 Å². The highest BCUT2D eigenvalue weighted by Gasteiger charge is 2.44. The first-order chi connectivity index (χ1) is 15.8. The molecule has 2 aliphatic rings. The van der Waals surface area contributed by atoms with Gasteiger partial charge in [0.1, 0.15) is 31.0 Å². The first-order valence-electron chi connectivity index (χ1n) is 10.5. The largest absolute Gasteiger partial charge is 0.387 e. The Labute approximate surface area is 188 Å². The number of fused-ring (bicyclic) bond motifs is 2. The van der Waals surface area contributed by atoms with Crippen molar-refractivity contribution in [1.29, 1.82) is 0 Å². The van der Waals surface area contributed by atoms with Crippen molar-refractivity contribution in [3.05, 3.63) is 48.0 Å². The summed E-state index contributed by atoms with van der Waals surface area (Å²) in [6.07, 6.45) is -0.694. The van der Waals surface area contributed by atoms with Gasteiger partial charge in [-0.15, -0.1) is 0 Å². The second-order valence-corrected chi connectivity index (χ2v) is 9.78. The van der Waals surface area contributed by atoms with Crippen molar-refractivity contribution in [3.8, 4) is 0 Å². The third-order valence-electron chi connectivity index (χ3n) is 5.96. The third-order valence-corrected chi connectivity index (χ3v) is 6.47. The van der Waals surface area contributed by atoms with Crippen LogP contribution in [-0.4, -0.2) is 70.8 Å². The standard InChI is InChI=1S/C20H24N5O7P/c26-16-14(7-31-10-33(28,29)30)32-20(17(16)27)25-9-23-15-18(21-8-22-19(15)25)24-13-6-5-11-3-1-2-4-12(11)13/h1-4,8-9,13-14,16-17,20,26-27H,5-7,10H2,(H,21,22,24)(H2,28,29,30)/t13?,14-,16-,17-,20-/m1/s1. The summed E-state index contributed by atoms with van der Waals surface area (Å²) >= 11 is 0. The lowest BCUT2D eigenvalue weighted by molar-refractivity contribution is -0.0612. The van der Waals surface area contributed by atoms with Gasteiger partial charge in [-0.3, -0.25) is 9.13 Å². The zero-order valence-corrected chi connectivity index (χ0v) is 18.3. The van der Waals surface area contributed by atoms with E-state index in [1.807, 2.05) is 12.1 Å². The van der Waals surface area contributed by atoms with Crippen LogP contribution < -0.4 is 5.32 Å². The van der Waals surface area contributed by atoms with E-state index < -0.39 is 38.5 Å². The molecular formula is C20H24N5O7P. The molecular weight excluding hydrogens is 453 g/mol. The van der Waals surface area contributed by atoms with Gasteiger partial charge in [-0.05, 0) is 24.0 Å². The van der Waals surface area contributed by atoms with Gasteiger partial charge in [-0.2, -0.15) is 0 Å². The lowest BCUT2D eigenvalue weighted by Gasteiger charge is -2.17. The van der Waals surface area contributed by atoms with Crippen LogP contribution in [0.2, 0.25) is 0 Å². The van der Waals surface area contributed by atoms with Crippen LogP contribution in [-0.2, 0) is 20.5 Å². The average molecular weight is 477 g/mol. The number of nitrogens with one attached hydrogen (secondary N) is 1. The molecule has 12 nitrogen and oxygen atoms in total. The summed E-state index contributed by atoms with van der Waals surface area (Å²) in [6, 6.07) is 8.33. The van der Waals surface area contributed by atoms with Gasteiger partial charge in [-0.1, -0.05) is 24.3 Å². The highest BCUT2D eigenvalue weighted by atomic mass is 31.2. The summed E-state index contributed by atoms with van der Waals surface area (Å²) < 4.78 is 23.2. The second-order valence-electron chi connectivity index (χ2n) is 8.19. The Balaban J connectivity index is 1.35. The molecule has 1 aliphatic carbocycles. The summed E-state index contributed by atoms with van der Waals surface area (Å²) in [4.78, 5) is 30.9. The number of rotatable bonds is 7. The van der Waals surface area contributed by atoms with Gasteiger partial charge in [0.2, 0.25) is 0 Å². The van der Waals surface area contributed by atoms with Gasteiger partial charge in [0.15, 0.2) is 23.2 Å². The molecule has 0 amide bonds. The Hall–Kier alpha value is -2.44. The van der Waals surface area contributed by atoms with Crippen LogP contribution in [0, 0.1) is 0 Å². The number of anilines is 1. The molecule has 0 radical (unpaired) electrons. The number of imidazole rings is 1. The lowest BCUT2D eigenvalue weighted by atomic mass is 10.1. The van der Waals surface area contributed by atoms with E-state index in [0.29, 0.717) is 17.0 Å². The van der Waals surface area contributed by atoms with Gasteiger partial charge in [0.05, 0.1) is 19.0 Å². The van der Waals surface area contributed by atoms with E-state index in [1.54, 1.807) is 0 Å². The summed E-state index contributed by atoms with van der Waals surface area (Å²) in [7, 11) is -4.35. The molecule has 5 N–H and O–H groups in total. The highest BCUT2D eigenvalue weighted by molar-refractivity contribution is 7.51. The van der Waals surface area contributed by atoms with E-state index in [2.05, 4.69) is 32.4 Å². The summed E-state index contributed by atoms with van der Waals surface area (Å²) in [5.41, 5.74) is 3.43. The van der Waals surface area contributed by atoms with Gasteiger partial charge in [0.25, 0.3) is 0 Å². The van der Waals surface area contributed by atoms with E-state index in [4.69, 9.17) is 19.3 Å². The molecule has 13 heteroatoms. The van der Waals surface area contributed by atoms with Crippen molar-refractivity contribution in [2.45, 2.75) is 43.4 Å². The molecule has 1 saturated heterocycles. The Morgan fingerprint density at radius 1 is 1.18 bits per heavy atom. The van der Waals surface area contributed by atoms with Crippen molar-refractivity contribution in [2.24, 2.45) is 0 Å². The van der Waals surface area contributed by atoms with Gasteiger partial charge in [-0.25, -0.2) is 15.0 Å². The molecule has 33 heavy (non-hydrogen) atoms. The summed E-state index contributed by atoms with van der Waals surface area (Å²) in [6.45, 7) is -0.296. The zero-order valence-electron chi connectivity index (χ0n) is 17.4. The van der Waals surface area contributed by atoms with E-state index in [-0.39, 0.29) is 12.6 Å². The maximum absolute atomic E-state index is 11.0.